The van der Waals surface area contributed by atoms with Crippen molar-refractivity contribution in [1.29, 1.82) is 0 Å². The molecule has 112 valence electrons. The topological polar surface area (TPSA) is 41.7 Å². The molecule has 0 radical (unpaired) electrons. The summed E-state index contributed by atoms with van der Waals surface area (Å²) in [5, 5.41) is 0. The Morgan fingerprint density at radius 3 is 2.16 bits per heavy atom. The van der Waals surface area contributed by atoms with Crippen molar-refractivity contribution in [3.05, 3.63) is 0 Å². The fourth-order valence-corrected chi connectivity index (χ4v) is 3.67. The van der Waals surface area contributed by atoms with Crippen molar-refractivity contribution in [2.24, 2.45) is 5.73 Å². The first kappa shape index (κ1) is 15.2. The molecule has 0 spiro atoms. The van der Waals surface area contributed by atoms with E-state index in [2.05, 4.69) is 23.6 Å². The number of methoxy groups -OCH3 is 1. The fraction of sp³-hybridized carbons (Fsp3) is 1.00. The maximum atomic E-state index is 6.17. The molecule has 0 atom stereocenters. The number of nitrogens with zero attached hydrogens (tertiary/aromatic N) is 2. The average Bonchev–Trinajstić information content (AvgIpc) is 2.47. The van der Waals surface area contributed by atoms with E-state index in [0.717, 1.165) is 32.5 Å². The predicted molar refractivity (Wildman–Crippen MR) is 79.3 cm³/mol. The van der Waals surface area contributed by atoms with Crippen LogP contribution in [0.25, 0.3) is 0 Å². The van der Waals surface area contributed by atoms with Gasteiger partial charge in [-0.15, -0.1) is 0 Å². The Balaban J connectivity index is 1.93. The Labute approximate surface area is 118 Å². The Morgan fingerprint density at radius 1 is 1.16 bits per heavy atom. The minimum Gasteiger partial charge on any atom is -0.381 e. The number of hydrogen-bond acceptors (Lipinski definition) is 4. The van der Waals surface area contributed by atoms with Crippen LogP contribution in [0.2, 0.25) is 0 Å². The summed E-state index contributed by atoms with van der Waals surface area (Å²) in [5.74, 6) is 0. The lowest BCUT2D eigenvalue weighted by Crippen LogP contribution is -2.61. The number of nitrogens with two attached hydrogens (primary N) is 1. The van der Waals surface area contributed by atoms with Gasteiger partial charge < -0.3 is 15.4 Å². The molecular formula is C15H31N3O. The number of piperidine rings is 2. The van der Waals surface area contributed by atoms with E-state index in [9.17, 15) is 0 Å². The highest BCUT2D eigenvalue weighted by atomic mass is 16.5. The van der Waals surface area contributed by atoms with Crippen LogP contribution < -0.4 is 5.73 Å². The minimum absolute atomic E-state index is 0.254. The van der Waals surface area contributed by atoms with Crippen molar-refractivity contribution in [2.75, 3.05) is 39.8 Å². The van der Waals surface area contributed by atoms with Crippen LogP contribution in [0.3, 0.4) is 0 Å². The van der Waals surface area contributed by atoms with Gasteiger partial charge in [-0.1, -0.05) is 0 Å². The highest BCUT2D eigenvalue weighted by Gasteiger charge is 2.40. The smallest absolute Gasteiger partial charge is 0.0595 e. The average molecular weight is 269 g/mol. The normalized spacial score (nSPS) is 27.0. The quantitative estimate of drug-likeness (QED) is 0.835. The molecule has 2 aliphatic rings. The van der Waals surface area contributed by atoms with Gasteiger partial charge in [0.1, 0.15) is 0 Å². The fourth-order valence-electron chi connectivity index (χ4n) is 3.67. The van der Waals surface area contributed by atoms with E-state index >= 15 is 0 Å². The van der Waals surface area contributed by atoms with Crippen LogP contribution in [0.1, 0.15) is 39.5 Å². The van der Waals surface area contributed by atoms with Crippen molar-refractivity contribution >= 4 is 0 Å². The third-order valence-corrected chi connectivity index (χ3v) is 5.29. The van der Waals surface area contributed by atoms with E-state index in [4.69, 9.17) is 10.5 Å². The number of ether oxygens (including phenoxy) is 1. The van der Waals surface area contributed by atoms with Gasteiger partial charge in [0, 0.05) is 51.4 Å². The lowest BCUT2D eigenvalue weighted by Gasteiger charge is -2.51. The highest BCUT2D eigenvalue weighted by molar-refractivity contribution is 4.98. The Kier molecular flexibility index (Phi) is 5.23. The molecule has 0 aromatic heterocycles. The Hall–Kier alpha value is -0.160. The molecule has 0 aromatic rings. The molecule has 2 aliphatic heterocycles. The molecule has 2 rings (SSSR count). The molecule has 4 heteroatoms. The van der Waals surface area contributed by atoms with Gasteiger partial charge >= 0.3 is 0 Å². The van der Waals surface area contributed by atoms with Crippen molar-refractivity contribution in [3.63, 3.8) is 0 Å². The standard InChI is InChI=1S/C15H31N3O/c1-13(2)17-10-6-15(12-16,7-11-17)18-8-4-14(19-3)5-9-18/h13-14H,4-12,16H2,1-3H3. The summed E-state index contributed by atoms with van der Waals surface area (Å²) in [6.45, 7) is 10.1. The van der Waals surface area contributed by atoms with Gasteiger partial charge in [-0.25, -0.2) is 0 Å². The molecule has 0 amide bonds. The van der Waals surface area contributed by atoms with Gasteiger partial charge in [0.2, 0.25) is 0 Å². The summed E-state index contributed by atoms with van der Waals surface area (Å²) in [7, 11) is 1.83. The maximum Gasteiger partial charge on any atom is 0.0595 e. The monoisotopic (exact) mass is 269 g/mol. The van der Waals surface area contributed by atoms with Crippen LogP contribution in [0.4, 0.5) is 0 Å². The van der Waals surface area contributed by atoms with E-state index in [1.807, 2.05) is 7.11 Å². The van der Waals surface area contributed by atoms with Crippen molar-refractivity contribution in [3.8, 4) is 0 Å². The summed E-state index contributed by atoms with van der Waals surface area (Å²) >= 11 is 0. The first-order valence-electron chi connectivity index (χ1n) is 7.83. The second-order valence-corrected chi connectivity index (χ2v) is 6.48. The second kappa shape index (κ2) is 6.53. The first-order chi connectivity index (χ1) is 9.11. The number of likely N-dealkylation sites (tertiary alicyclic amines) is 2. The largest absolute Gasteiger partial charge is 0.381 e. The molecule has 2 saturated heterocycles. The molecule has 0 aromatic carbocycles. The summed E-state index contributed by atoms with van der Waals surface area (Å²) < 4.78 is 5.48. The van der Waals surface area contributed by atoms with Crippen molar-refractivity contribution in [1.82, 2.24) is 9.80 Å². The summed E-state index contributed by atoms with van der Waals surface area (Å²) in [6, 6.07) is 0.662. The third-order valence-electron chi connectivity index (χ3n) is 5.29. The molecule has 0 unspecified atom stereocenters. The van der Waals surface area contributed by atoms with Crippen LogP contribution in [-0.4, -0.2) is 67.3 Å². The minimum atomic E-state index is 0.254. The number of hydrogen-bond donors (Lipinski definition) is 1. The molecular weight excluding hydrogens is 238 g/mol. The van der Waals surface area contributed by atoms with Gasteiger partial charge in [-0.3, -0.25) is 4.90 Å². The third kappa shape index (κ3) is 3.30. The van der Waals surface area contributed by atoms with Crippen molar-refractivity contribution < 1.29 is 4.74 Å². The van der Waals surface area contributed by atoms with Crippen LogP contribution in [-0.2, 0) is 4.74 Å². The SMILES string of the molecule is COC1CCN(C2(CN)CCN(C(C)C)CC2)CC1. The van der Waals surface area contributed by atoms with Crippen LogP contribution in [0.5, 0.6) is 0 Å². The van der Waals surface area contributed by atoms with E-state index in [-0.39, 0.29) is 5.54 Å². The Morgan fingerprint density at radius 2 is 1.74 bits per heavy atom. The molecule has 2 N–H and O–H groups in total. The van der Waals surface area contributed by atoms with Crippen LogP contribution in [0, 0.1) is 0 Å². The molecule has 19 heavy (non-hydrogen) atoms. The maximum absolute atomic E-state index is 6.17. The first-order valence-corrected chi connectivity index (χ1v) is 7.83. The van der Waals surface area contributed by atoms with Gasteiger partial charge in [0.15, 0.2) is 0 Å². The molecule has 0 saturated carbocycles. The van der Waals surface area contributed by atoms with E-state index in [1.54, 1.807) is 0 Å². The lowest BCUT2D eigenvalue weighted by atomic mass is 9.83. The Bertz CT molecular complexity index is 267. The summed E-state index contributed by atoms with van der Waals surface area (Å²) in [4.78, 5) is 5.23. The number of rotatable bonds is 4. The molecule has 2 heterocycles. The summed E-state index contributed by atoms with van der Waals surface area (Å²) in [6.07, 6.45) is 5.22. The van der Waals surface area contributed by atoms with Crippen molar-refractivity contribution in [2.45, 2.75) is 57.2 Å². The van der Waals surface area contributed by atoms with Gasteiger partial charge in [0.25, 0.3) is 0 Å². The zero-order valence-electron chi connectivity index (χ0n) is 12.9. The molecule has 2 fully saturated rings. The van der Waals surface area contributed by atoms with Gasteiger partial charge in [-0.05, 0) is 39.5 Å². The highest BCUT2D eigenvalue weighted by Crippen LogP contribution is 2.31. The molecule has 4 nitrogen and oxygen atoms in total. The zero-order chi connectivity index (χ0) is 13.9. The van der Waals surface area contributed by atoms with Crippen LogP contribution in [0.15, 0.2) is 0 Å². The van der Waals surface area contributed by atoms with E-state index < -0.39 is 0 Å². The van der Waals surface area contributed by atoms with E-state index in [0.29, 0.717) is 12.1 Å². The molecule has 0 bridgehead atoms. The van der Waals surface area contributed by atoms with E-state index in [1.165, 1.54) is 25.9 Å². The van der Waals surface area contributed by atoms with Crippen LogP contribution >= 0.6 is 0 Å². The predicted octanol–water partition coefficient (Wildman–Crippen LogP) is 1.30. The van der Waals surface area contributed by atoms with Gasteiger partial charge in [0.05, 0.1) is 6.10 Å². The second-order valence-electron chi connectivity index (χ2n) is 6.48. The zero-order valence-corrected chi connectivity index (χ0v) is 12.9. The van der Waals surface area contributed by atoms with Gasteiger partial charge in [-0.2, -0.15) is 0 Å². The summed E-state index contributed by atoms with van der Waals surface area (Å²) in [5.41, 5.74) is 6.42. The lowest BCUT2D eigenvalue weighted by molar-refractivity contribution is -0.0303. The molecule has 0 aliphatic carbocycles.